The van der Waals surface area contributed by atoms with E-state index in [0.717, 1.165) is 19.9 Å². The molecular weight excluding hydrogens is 702 g/mol. The Morgan fingerprint density at radius 1 is 0.872 bits per heavy atom. The number of nitrogens with one attached hydrogen (secondary N) is 1. The molecule has 0 aliphatic rings. The first-order valence-corrected chi connectivity index (χ1v) is 18.0. The van der Waals surface area contributed by atoms with E-state index in [0.29, 0.717) is 17.2 Å². The van der Waals surface area contributed by atoms with Crippen molar-refractivity contribution in [3.8, 4) is 5.75 Å². The highest BCUT2D eigenvalue weighted by Crippen LogP contribution is 2.33. The van der Waals surface area contributed by atoms with Crippen molar-refractivity contribution in [3.63, 3.8) is 0 Å². The molecule has 248 valence electrons. The monoisotopic (exact) mass is 739 g/mol. The number of para-hydroxylation sites is 2. The maximum Gasteiger partial charge on any atom is 0.264 e. The maximum atomic E-state index is 14.7. The molecule has 2 unspecified atom stereocenters. The number of amides is 2. The molecule has 0 saturated heterocycles. The number of benzene rings is 4. The zero-order chi connectivity index (χ0) is 34.0. The van der Waals surface area contributed by atoms with Crippen molar-refractivity contribution in [2.75, 3.05) is 17.5 Å². The average Bonchev–Trinajstić information content (AvgIpc) is 3.07. The highest BCUT2D eigenvalue weighted by Gasteiger charge is 2.35. The summed E-state index contributed by atoms with van der Waals surface area (Å²) in [5.74, 6) is -0.581. The van der Waals surface area contributed by atoms with Crippen molar-refractivity contribution in [1.82, 2.24) is 10.2 Å². The summed E-state index contributed by atoms with van der Waals surface area (Å²) in [4.78, 5) is 30.1. The van der Waals surface area contributed by atoms with Gasteiger partial charge in [-0.15, -0.1) is 0 Å². The average molecular weight is 741 g/mol. The molecule has 0 aliphatic heterocycles. The van der Waals surface area contributed by atoms with Gasteiger partial charge in [0.15, 0.2) is 0 Å². The molecule has 2 amide bonds. The number of anilines is 1. The number of halogens is 2. The van der Waals surface area contributed by atoms with E-state index < -0.39 is 28.5 Å². The van der Waals surface area contributed by atoms with E-state index in [1.807, 2.05) is 68.4 Å². The number of hydrogen-bond donors (Lipinski definition) is 1. The minimum absolute atomic E-state index is 0.0455. The van der Waals surface area contributed by atoms with E-state index in [1.54, 1.807) is 31.2 Å². The van der Waals surface area contributed by atoms with Crippen LogP contribution in [0, 0.1) is 0 Å². The highest BCUT2D eigenvalue weighted by atomic mass is 79.9. The van der Waals surface area contributed by atoms with Crippen LogP contribution in [0.4, 0.5) is 5.69 Å². The number of carbonyl (C=O) groups excluding carboxylic acids is 2. The Hall–Kier alpha value is -3.86. The van der Waals surface area contributed by atoms with Gasteiger partial charge >= 0.3 is 0 Å². The van der Waals surface area contributed by atoms with Crippen LogP contribution in [0.5, 0.6) is 5.75 Å². The molecule has 8 nitrogen and oxygen atoms in total. The van der Waals surface area contributed by atoms with E-state index in [1.165, 1.54) is 29.2 Å². The summed E-state index contributed by atoms with van der Waals surface area (Å²) in [7, 11) is -4.31. The van der Waals surface area contributed by atoms with Crippen LogP contribution in [0.15, 0.2) is 112 Å². The zero-order valence-electron chi connectivity index (χ0n) is 26.6. The molecular formula is C36H39BrClN3O5S. The second kappa shape index (κ2) is 16.8. The van der Waals surface area contributed by atoms with Crippen LogP contribution >= 0.6 is 27.5 Å². The van der Waals surface area contributed by atoms with Gasteiger partial charge in [0.25, 0.3) is 10.0 Å². The summed E-state index contributed by atoms with van der Waals surface area (Å²) in [6.07, 6.45) is 0.927. The number of nitrogens with zero attached hydrogens (tertiary/aromatic N) is 2. The largest absolute Gasteiger partial charge is 0.492 e. The first-order chi connectivity index (χ1) is 22.5. The van der Waals surface area contributed by atoms with Gasteiger partial charge in [0, 0.05) is 28.5 Å². The minimum Gasteiger partial charge on any atom is -0.492 e. The van der Waals surface area contributed by atoms with Crippen LogP contribution in [0.25, 0.3) is 0 Å². The molecule has 0 saturated carbocycles. The quantitative estimate of drug-likeness (QED) is 0.139. The molecule has 0 aliphatic carbocycles. The summed E-state index contributed by atoms with van der Waals surface area (Å²) >= 11 is 9.55. The van der Waals surface area contributed by atoms with Gasteiger partial charge in [0.2, 0.25) is 11.8 Å². The smallest absolute Gasteiger partial charge is 0.264 e. The molecule has 0 fully saturated rings. The van der Waals surface area contributed by atoms with Crippen LogP contribution < -0.4 is 14.4 Å². The van der Waals surface area contributed by atoms with Crippen LogP contribution in [0.1, 0.15) is 38.3 Å². The molecule has 0 spiro atoms. The highest BCUT2D eigenvalue weighted by molar-refractivity contribution is 9.10. The number of carbonyl (C=O) groups is 2. The lowest BCUT2D eigenvalue weighted by Crippen LogP contribution is -2.54. The van der Waals surface area contributed by atoms with Crippen molar-refractivity contribution in [3.05, 3.63) is 124 Å². The van der Waals surface area contributed by atoms with E-state index in [9.17, 15) is 18.0 Å². The Morgan fingerprint density at radius 3 is 2.15 bits per heavy atom. The lowest BCUT2D eigenvalue weighted by molar-refractivity contribution is -0.140. The van der Waals surface area contributed by atoms with Crippen LogP contribution in [0.3, 0.4) is 0 Å². The first kappa shape index (κ1) is 36.0. The molecule has 0 aromatic heterocycles. The van der Waals surface area contributed by atoms with Crippen molar-refractivity contribution < 1.29 is 22.7 Å². The normalized spacial score (nSPS) is 12.5. The number of sulfonamides is 1. The Bertz CT molecular complexity index is 1740. The number of ether oxygens (including phenoxy) is 1. The van der Waals surface area contributed by atoms with Crippen molar-refractivity contribution in [1.29, 1.82) is 0 Å². The second-order valence-electron chi connectivity index (χ2n) is 11.0. The summed E-state index contributed by atoms with van der Waals surface area (Å²) in [5.41, 5.74) is 1.83. The minimum atomic E-state index is -4.31. The predicted octanol–water partition coefficient (Wildman–Crippen LogP) is 7.25. The van der Waals surface area contributed by atoms with Crippen molar-refractivity contribution >= 4 is 55.1 Å². The van der Waals surface area contributed by atoms with Crippen LogP contribution in [-0.2, 0) is 32.6 Å². The lowest BCUT2D eigenvalue weighted by Gasteiger charge is -2.34. The molecule has 4 aromatic rings. The molecule has 1 N–H and O–H groups in total. The Morgan fingerprint density at radius 2 is 1.51 bits per heavy atom. The Balaban J connectivity index is 1.84. The van der Waals surface area contributed by atoms with Gasteiger partial charge in [-0.05, 0) is 79.9 Å². The van der Waals surface area contributed by atoms with Gasteiger partial charge in [-0.1, -0.05) is 89.1 Å². The fourth-order valence-electron chi connectivity index (χ4n) is 4.97. The molecule has 47 heavy (non-hydrogen) atoms. The third-order valence-corrected chi connectivity index (χ3v) is 10.2. The molecule has 4 aromatic carbocycles. The van der Waals surface area contributed by atoms with Gasteiger partial charge in [-0.25, -0.2) is 8.42 Å². The van der Waals surface area contributed by atoms with E-state index in [4.69, 9.17) is 16.3 Å². The van der Waals surface area contributed by atoms with Gasteiger partial charge < -0.3 is 15.0 Å². The SMILES string of the molecule is CCOc1ccccc1N(CC(=O)N(Cc1ccc(Br)cc1)C(Cc1ccccc1)C(=O)NC(C)CC)S(=O)(=O)c1ccc(Cl)cc1. The van der Waals surface area contributed by atoms with Crippen LogP contribution in [0.2, 0.25) is 5.02 Å². The summed E-state index contributed by atoms with van der Waals surface area (Å²) < 4.78 is 36.3. The lowest BCUT2D eigenvalue weighted by atomic mass is 10.0. The standard InChI is InChI=1S/C36H39BrClN3O5S/c1-4-26(3)39-36(43)33(23-27-11-7-6-8-12-27)40(24-28-15-17-29(37)18-16-28)35(42)25-41(32-13-9-10-14-34(32)46-5-2)47(44,45)31-21-19-30(38)20-22-31/h6-22,26,33H,4-5,23-25H2,1-3H3,(H,39,43). The Labute approximate surface area is 290 Å². The third-order valence-electron chi connectivity index (χ3n) is 7.65. The molecule has 0 radical (unpaired) electrons. The molecule has 2 atom stereocenters. The summed E-state index contributed by atoms with van der Waals surface area (Å²) in [6.45, 7) is 5.43. The Kier molecular flexibility index (Phi) is 12.9. The van der Waals surface area contributed by atoms with Crippen molar-refractivity contribution in [2.45, 2.75) is 57.1 Å². The third kappa shape index (κ3) is 9.59. The van der Waals surface area contributed by atoms with E-state index in [2.05, 4.69) is 21.2 Å². The molecule has 11 heteroatoms. The fourth-order valence-corrected chi connectivity index (χ4v) is 6.78. The maximum absolute atomic E-state index is 14.7. The molecule has 0 bridgehead atoms. The second-order valence-corrected chi connectivity index (χ2v) is 14.3. The van der Waals surface area contributed by atoms with Gasteiger partial charge in [0.05, 0.1) is 17.2 Å². The topological polar surface area (TPSA) is 96.0 Å². The van der Waals surface area contributed by atoms with Crippen molar-refractivity contribution in [2.24, 2.45) is 0 Å². The van der Waals surface area contributed by atoms with E-state index >= 15 is 0 Å². The van der Waals surface area contributed by atoms with Crippen LogP contribution in [-0.4, -0.2) is 50.4 Å². The number of hydrogen-bond acceptors (Lipinski definition) is 5. The van der Waals surface area contributed by atoms with E-state index in [-0.39, 0.29) is 42.1 Å². The van der Waals surface area contributed by atoms with Gasteiger partial charge in [0.1, 0.15) is 18.3 Å². The first-order valence-electron chi connectivity index (χ1n) is 15.4. The van der Waals surface area contributed by atoms with Gasteiger partial charge in [-0.2, -0.15) is 0 Å². The number of rotatable bonds is 15. The predicted molar refractivity (Wildman–Crippen MR) is 190 cm³/mol. The summed E-state index contributed by atoms with van der Waals surface area (Å²) in [6, 6.07) is 28.3. The zero-order valence-corrected chi connectivity index (χ0v) is 29.8. The summed E-state index contributed by atoms with van der Waals surface area (Å²) in [5, 5.41) is 3.42. The molecule has 4 rings (SSSR count). The molecule has 0 heterocycles. The fraction of sp³-hybridized carbons (Fsp3) is 0.278. The van der Waals surface area contributed by atoms with Gasteiger partial charge in [-0.3, -0.25) is 13.9 Å².